The molecule has 1 aromatic heterocycles. The monoisotopic (exact) mass is 210 g/mol. The van der Waals surface area contributed by atoms with Crippen molar-refractivity contribution in [2.24, 2.45) is 13.0 Å². The second kappa shape index (κ2) is 5.91. The van der Waals surface area contributed by atoms with Crippen LogP contribution in [0.25, 0.3) is 0 Å². The second-order valence-electron chi connectivity index (χ2n) is 4.51. The van der Waals surface area contributed by atoms with Gasteiger partial charge >= 0.3 is 0 Å². The SMILES string of the molecule is CC(C)C(O)CCCCc1nccn1C. The molecule has 3 heteroatoms. The topological polar surface area (TPSA) is 38.1 Å². The van der Waals surface area contributed by atoms with Crippen LogP contribution in [-0.2, 0) is 13.5 Å². The van der Waals surface area contributed by atoms with Crippen molar-refractivity contribution >= 4 is 0 Å². The van der Waals surface area contributed by atoms with Gasteiger partial charge in [-0.3, -0.25) is 0 Å². The summed E-state index contributed by atoms with van der Waals surface area (Å²) in [5.74, 6) is 1.51. The molecule has 1 atom stereocenters. The van der Waals surface area contributed by atoms with Gasteiger partial charge < -0.3 is 9.67 Å². The first-order valence-corrected chi connectivity index (χ1v) is 5.75. The summed E-state index contributed by atoms with van der Waals surface area (Å²) in [6.07, 6.45) is 7.75. The number of aliphatic hydroxyl groups excluding tert-OH is 1. The van der Waals surface area contributed by atoms with Crippen LogP contribution in [0.4, 0.5) is 0 Å². The second-order valence-corrected chi connectivity index (χ2v) is 4.51. The molecule has 0 amide bonds. The highest BCUT2D eigenvalue weighted by Gasteiger charge is 2.08. The highest BCUT2D eigenvalue weighted by atomic mass is 16.3. The lowest BCUT2D eigenvalue weighted by molar-refractivity contribution is 0.113. The molecule has 3 nitrogen and oxygen atoms in total. The summed E-state index contributed by atoms with van der Waals surface area (Å²) < 4.78 is 2.05. The molecular formula is C12H22N2O. The maximum atomic E-state index is 9.62. The summed E-state index contributed by atoms with van der Waals surface area (Å²) in [7, 11) is 2.02. The van der Waals surface area contributed by atoms with Gasteiger partial charge in [-0.25, -0.2) is 4.98 Å². The molecule has 0 saturated heterocycles. The van der Waals surface area contributed by atoms with Crippen molar-refractivity contribution < 1.29 is 5.11 Å². The molecule has 0 bridgehead atoms. The van der Waals surface area contributed by atoms with E-state index in [0.717, 1.165) is 31.5 Å². The third kappa shape index (κ3) is 4.04. The van der Waals surface area contributed by atoms with Crippen molar-refractivity contribution in [3.8, 4) is 0 Å². The van der Waals surface area contributed by atoms with Crippen LogP contribution in [0.3, 0.4) is 0 Å². The molecule has 0 fully saturated rings. The summed E-state index contributed by atoms with van der Waals surface area (Å²) in [4.78, 5) is 4.27. The van der Waals surface area contributed by atoms with Gasteiger partial charge in [-0.15, -0.1) is 0 Å². The lowest BCUT2D eigenvalue weighted by Gasteiger charge is -2.13. The molecule has 1 N–H and O–H groups in total. The molecule has 0 radical (unpaired) electrons. The highest BCUT2D eigenvalue weighted by molar-refractivity contribution is 4.90. The van der Waals surface area contributed by atoms with Crippen LogP contribution in [0.5, 0.6) is 0 Å². The zero-order valence-electron chi connectivity index (χ0n) is 9.98. The minimum Gasteiger partial charge on any atom is -0.393 e. The number of hydrogen-bond acceptors (Lipinski definition) is 2. The first-order chi connectivity index (χ1) is 7.11. The van der Waals surface area contributed by atoms with Gasteiger partial charge in [0.05, 0.1) is 6.10 Å². The van der Waals surface area contributed by atoms with Crippen molar-refractivity contribution in [2.75, 3.05) is 0 Å². The van der Waals surface area contributed by atoms with E-state index in [4.69, 9.17) is 0 Å². The van der Waals surface area contributed by atoms with Crippen LogP contribution in [0.1, 0.15) is 38.9 Å². The fourth-order valence-electron chi connectivity index (χ4n) is 1.61. The third-order valence-corrected chi connectivity index (χ3v) is 2.84. The average Bonchev–Trinajstić information content (AvgIpc) is 2.58. The summed E-state index contributed by atoms with van der Waals surface area (Å²) in [6.45, 7) is 4.12. The Morgan fingerprint density at radius 3 is 2.67 bits per heavy atom. The van der Waals surface area contributed by atoms with Crippen molar-refractivity contribution in [3.05, 3.63) is 18.2 Å². The average molecular weight is 210 g/mol. The van der Waals surface area contributed by atoms with Gasteiger partial charge in [-0.05, 0) is 18.8 Å². The van der Waals surface area contributed by atoms with E-state index in [0.29, 0.717) is 5.92 Å². The third-order valence-electron chi connectivity index (χ3n) is 2.84. The molecule has 15 heavy (non-hydrogen) atoms. The van der Waals surface area contributed by atoms with Crippen LogP contribution in [0.15, 0.2) is 12.4 Å². The van der Waals surface area contributed by atoms with Crippen LogP contribution in [0.2, 0.25) is 0 Å². The van der Waals surface area contributed by atoms with E-state index in [2.05, 4.69) is 23.4 Å². The Bertz CT molecular complexity index is 281. The lowest BCUT2D eigenvalue weighted by Crippen LogP contribution is -2.14. The Morgan fingerprint density at radius 1 is 1.40 bits per heavy atom. The Kier molecular flexibility index (Phi) is 4.82. The minimum atomic E-state index is -0.147. The zero-order chi connectivity index (χ0) is 11.3. The molecule has 0 spiro atoms. The zero-order valence-corrected chi connectivity index (χ0v) is 9.98. The van der Waals surface area contributed by atoms with E-state index in [1.54, 1.807) is 0 Å². The Hall–Kier alpha value is -0.830. The number of rotatable bonds is 6. The van der Waals surface area contributed by atoms with Crippen molar-refractivity contribution in [2.45, 2.75) is 45.6 Å². The number of imidazole rings is 1. The molecule has 1 aromatic rings. The molecule has 1 rings (SSSR count). The van der Waals surface area contributed by atoms with Crippen LogP contribution in [0, 0.1) is 5.92 Å². The molecule has 0 saturated carbocycles. The Labute approximate surface area is 92.1 Å². The number of aliphatic hydroxyl groups is 1. The van der Waals surface area contributed by atoms with E-state index < -0.39 is 0 Å². The van der Waals surface area contributed by atoms with Gasteiger partial charge in [0.25, 0.3) is 0 Å². The molecule has 0 aliphatic rings. The van der Waals surface area contributed by atoms with E-state index in [9.17, 15) is 5.11 Å². The minimum absolute atomic E-state index is 0.147. The number of aromatic nitrogens is 2. The van der Waals surface area contributed by atoms with Crippen molar-refractivity contribution in [1.82, 2.24) is 9.55 Å². The predicted molar refractivity (Wildman–Crippen MR) is 61.6 cm³/mol. The summed E-state index contributed by atoms with van der Waals surface area (Å²) >= 11 is 0. The number of aryl methyl sites for hydroxylation is 2. The maximum Gasteiger partial charge on any atom is 0.108 e. The van der Waals surface area contributed by atoms with E-state index in [1.165, 1.54) is 0 Å². The van der Waals surface area contributed by atoms with Gasteiger partial charge in [0.2, 0.25) is 0 Å². The molecule has 0 aromatic carbocycles. The number of unbranched alkanes of at least 4 members (excludes halogenated alkanes) is 1. The number of hydrogen-bond donors (Lipinski definition) is 1. The van der Waals surface area contributed by atoms with Crippen molar-refractivity contribution in [1.29, 1.82) is 0 Å². The smallest absolute Gasteiger partial charge is 0.108 e. The Morgan fingerprint density at radius 2 is 2.13 bits per heavy atom. The van der Waals surface area contributed by atoms with E-state index >= 15 is 0 Å². The van der Waals surface area contributed by atoms with Gasteiger partial charge in [-0.1, -0.05) is 20.3 Å². The molecule has 0 aliphatic heterocycles. The maximum absolute atomic E-state index is 9.62. The largest absolute Gasteiger partial charge is 0.393 e. The Balaban J connectivity index is 2.15. The fourth-order valence-corrected chi connectivity index (χ4v) is 1.61. The molecular weight excluding hydrogens is 188 g/mol. The quantitative estimate of drug-likeness (QED) is 0.731. The summed E-state index contributed by atoms with van der Waals surface area (Å²) in [6, 6.07) is 0. The van der Waals surface area contributed by atoms with Crippen molar-refractivity contribution in [3.63, 3.8) is 0 Å². The first kappa shape index (κ1) is 12.2. The number of nitrogens with zero attached hydrogens (tertiary/aromatic N) is 2. The molecule has 0 aliphatic carbocycles. The van der Waals surface area contributed by atoms with Gasteiger partial charge in [0, 0.05) is 25.9 Å². The first-order valence-electron chi connectivity index (χ1n) is 5.75. The standard InChI is InChI=1S/C12H22N2O/c1-10(2)11(15)6-4-5-7-12-13-8-9-14(12)3/h8-11,15H,4-7H2,1-3H3. The molecule has 1 unspecified atom stereocenters. The van der Waals surface area contributed by atoms with E-state index in [-0.39, 0.29) is 6.10 Å². The van der Waals surface area contributed by atoms with E-state index in [1.807, 2.05) is 19.4 Å². The van der Waals surface area contributed by atoms with Gasteiger partial charge in [0.15, 0.2) is 0 Å². The normalized spacial score (nSPS) is 13.4. The van der Waals surface area contributed by atoms with Gasteiger partial charge in [0.1, 0.15) is 5.82 Å². The molecule has 86 valence electrons. The molecule has 1 heterocycles. The summed E-state index contributed by atoms with van der Waals surface area (Å²) in [5, 5.41) is 9.62. The predicted octanol–water partition coefficient (Wildman–Crippen LogP) is 2.15. The fraction of sp³-hybridized carbons (Fsp3) is 0.750. The van der Waals surface area contributed by atoms with Crippen LogP contribution in [-0.4, -0.2) is 20.8 Å². The van der Waals surface area contributed by atoms with Crippen LogP contribution < -0.4 is 0 Å². The highest BCUT2D eigenvalue weighted by Crippen LogP contribution is 2.11. The van der Waals surface area contributed by atoms with Crippen LogP contribution >= 0.6 is 0 Å². The van der Waals surface area contributed by atoms with Gasteiger partial charge in [-0.2, -0.15) is 0 Å². The summed E-state index contributed by atoms with van der Waals surface area (Å²) in [5.41, 5.74) is 0. The lowest BCUT2D eigenvalue weighted by atomic mass is 10.0.